The van der Waals surface area contributed by atoms with Crippen molar-refractivity contribution in [3.05, 3.63) is 0 Å². The zero-order chi connectivity index (χ0) is 13.5. The minimum Gasteiger partial charge on any atom is -0.344 e. The molecule has 1 saturated heterocycles. The summed E-state index contributed by atoms with van der Waals surface area (Å²) in [6.07, 6.45) is 3.34. The molecule has 0 aliphatic carbocycles. The molecule has 112 valence electrons. The Morgan fingerprint density at radius 1 is 1.16 bits per heavy atom. The van der Waals surface area contributed by atoms with Gasteiger partial charge in [-0.15, -0.1) is 12.4 Å². The van der Waals surface area contributed by atoms with E-state index in [0.29, 0.717) is 6.54 Å². The minimum atomic E-state index is -0.421. The van der Waals surface area contributed by atoms with Gasteiger partial charge < -0.3 is 15.5 Å². The van der Waals surface area contributed by atoms with E-state index in [4.69, 9.17) is 0 Å². The number of likely N-dealkylation sites (tertiary alicyclic amines) is 1. The Kier molecular flexibility index (Phi) is 8.76. The first-order valence-electron chi connectivity index (χ1n) is 6.80. The van der Waals surface area contributed by atoms with Crippen LogP contribution in [0.15, 0.2) is 0 Å². The lowest BCUT2D eigenvalue weighted by Gasteiger charge is -2.29. The molecule has 2 unspecified atom stereocenters. The second-order valence-electron chi connectivity index (χ2n) is 5.07. The molecule has 0 radical (unpaired) electrons. The van der Waals surface area contributed by atoms with Crippen molar-refractivity contribution in [2.75, 3.05) is 26.7 Å². The van der Waals surface area contributed by atoms with Gasteiger partial charge in [0.05, 0.1) is 0 Å². The summed E-state index contributed by atoms with van der Waals surface area (Å²) < 4.78 is 0. The van der Waals surface area contributed by atoms with Crippen LogP contribution in [-0.2, 0) is 9.59 Å². The molecule has 1 fully saturated rings. The number of rotatable bonds is 5. The molecular formula is C13H26ClN3O2. The lowest BCUT2D eigenvalue weighted by Crippen LogP contribution is -2.50. The zero-order valence-electron chi connectivity index (χ0n) is 12.1. The number of nitrogens with zero attached hydrogens (tertiary/aromatic N) is 1. The highest BCUT2D eigenvalue weighted by Crippen LogP contribution is 2.10. The van der Waals surface area contributed by atoms with Crippen LogP contribution in [0, 0.1) is 5.92 Å². The molecule has 1 aliphatic heterocycles. The SMILES string of the molecule is CNCC(C)C(=O)NC(C)C(=O)N1CCCCC1.Cl. The molecule has 0 bridgehead atoms. The summed E-state index contributed by atoms with van der Waals surface area (Å²) in [5.74, 6) is -0.145. The number of halogens is 1. The zero-order valence-corrected chi connectivity index (χ0v) is 12.9. The van der Waals surface area contributed by atoms with E-state index in [2.05, 4.69) is 10.6 Å². The van der Waals surface area contributed by atoms with Crippen molar-refractivity contribution in [3.8, 4) is 0 Å². The Morgan fingerprint density at radius 2 is 1.74 bits per heavy atom. The summed E-state index contributed by atoms with van der Waals surface area (Å²) in [6.45, 7) is 5.89. The maximum Gasteiger partial charge on any atom is 0.244 e. The molecular weight excluding hydrogens is 266 g/mol. The normalized spacial score (nSPS) is 18.2. The fraction of sp³-hybridized carbons (Fsp3) is 0.846. The van der Waals surface area contributed by atoms with Crippen molar-refractivity contribution in [1.29, 1.82) is 0 Å². The van der Waals surface area contributed by atoms with E-state index in [1.54, 1.807) is 6.92 Å². The molecule has 19 heavy (non-hydrogen) atoms. The van der Waals surface area contributed by atoms with Gasteiger partial charge in [0.1, 0.15) is 6.04 Å². The predicted octanol–water partition coefficient (Wildman–Crippen LogP) is 0.781. The quantitative estimate of drug-likeness (QED) is 0.787. The first-order valence-corrected chi connectivity index (χ1v) is 6.80. The minimum absolute atomic E-state index is 0. The van der Waals surface area contributed by atoms with E-state index >= 15 is 0 Å². The van der Waals surface area contributed by atoms with Gasteiger partial charge in [-0.05, 0) is 33.2 Å². The summed E-state index contributed by atoms with van der Waals surface area (Å²) in [5, 5.41) is 5.75. The predicted molar refractivity (Wildman–Crippen MR) is 78.4 cm³/mol. The average Bonchev–Trinajstić information content (AvgIpc) is 2.39. The van der Waals surface area contributed by atoms with Crippen molar-refractivity contribution < 1.29 is 9.59 Å². The highest BCUT2D eigenvalue weighted by molar-refractivity contribution is 5.88. The van der Waals surface area contributed by atoms with Gasteiger partial charge in [0.2, 0.25) is 11.8 Å². The summed E-state index contributed by atoms with van der Waals surface area (Å²) in [4.78, 5) is 25.8. The Balaban J connectivity index is 0.00000324. The first kappa shape index (κ1) is 18.2. The molecule has 2 atom stereocenters. The number of hydrogen-bond acceptors (Lipinski definition) is 3. The van der Waals surface area contributed by atoms with Crippen molar-refractivity contribution in [2.45, 2.75) is 39.2 Å². The molecule has 6 heteroatoms. The van der Waals surface area contributed by atoms with E-state index in [1.807, 2.05) is 18.9 Å². The van der Waals surface area contributed by atoms with Crippen LogP contribution in [0.3, 0.4) is 0 Å². The number of nitrogens with one attached hydrogen (secondary N) is 2. The number of carbonyl (C=O) groups is 2. The van der Waals surface area contributed by atoms with Crippen molar-refractivity contribution in [2.24, 2.45) is 5.92 Å². The van der Waals surface area contributed by atoms with E-state index in [0.717, 1.165) is 25.9 Å². The first-order chi connectivity index (χ1) is 8.56. The fourth-order valence-electron chi connectivity index (χ4n) is 2.20. The standard InChI is InChI=1S/C13H25N3O2.ClH/c1-10(9-14-3)12(17)15-11(2)13(18)16-7-5-4-6-8-16;/h10-11,14H,4-9H2,1-3H3,(H,15,17);1H. The summed E-state index contributed by atoms with van der Waals surface area (Å²) in [6, 6.07) is -0.421. The smallest absolute Gasteiger partial charge is 0.244 e. The Hall–Kier alpha value is -0.810. The van der Waals surface area contributed by atoms with E-state index in [1.165, 1.54) is 6.42 Å². The highest BCUT2D eigenvalue weighted by Gasteiger charge is 2.24. The van der Waals surface area contributed by atoms with Gasteiger partial charge in [0.25, 0.3) is 0 Å². The van der Waals surface area contributed by atoms with Crippen LogP contribution >= 0.6 is 12.4 Å². The van der Waals surface area contributed by atoms with Gasteiger partial charge in [-0.25, -0.2) is 0 Å². The molecule has 2 N–H and O–H groups in total. The van der Waals surface area contributed by atoms with Gasteiger partial charge in [-0.3, -0.25) is 9.59 Å². The Bertz CT molecular complexity index is 294. The molecule has 1 aliphatic rings. The van der Waals surface area contributed by atoms with Crippen molar-refractivity contribution >= 4 is 24.2 Å². The van der Waals surface area contributed by atoms with Crippen LogP contribution in [-0.4, -0.2) is 49.4 Å². The second kappa shape index (κ2) is 9.15. The van der Waals surface area contributed by atoms with Crippen LogP contribution in [0.2, 0.25) is 0 Å². The van der Waals surface area contributed by atoms with Crippen LogP contribution < -0.4 is 10.6 Å². The number of piperidine rings is 1. The number of carbonyl (C=O) groups excluding carboxylic acids is 2. The molecule has 0 spiro atoms. The fourth-order valence-corrected chi connectivity index (χ4v) is 2.20. The monoisotopic (exact) mass is 291 g/mol. The van der Waals surface area contributed by atoms with E-state index in [9.17, 15) is 9.59 Å². The molecule has 0 aromatic rings. The van der Waals surface area contributed by atoms with Crippen LogP contribution in [0.25, 0.3) is 0 Å². The second-order valence-corrected chi connectivity index (χ2v) is 5.07. The van der Waals surface area contributed by atoms with Crippen LogP contribution in [0.4, 0.5) is 0 Å². The van der Waals surface area contributed by atoms with Crippen LogP contribution in [0.5, 0.6) is 0 Å². The number of hydrogen-bond donors (Lipinski definition) is 2. The third kappa shape index (κ3) is 5.78. The molecule has 1 rings (SSSR count). The van der Waals surface area contributed by atoms with Gasteiger partial charge in [0.15, 0.2) is 0 Å². The highest BCUT2D eigenvalue weighted by atomic mass is 35.5. The lowest BCUT2D eigenvalue weighted by atomic mass is 10.1. The Morgan fingerprint density at radius 3 is 2.26 bits per heavy atom. The van der Waals surface area contributed by atoms with Crippen molar-refractivity contribution in [3.63, 3.8) is 0 Å². The molecule has 0 aromatic heterocycles. The van der Waals surface area contributed by atoms with Crippen molar-refractivity contribution in [1.82, 2.24) is 15.5 Å². The lowest BCUT2D eigenvalue weighted by molar-refractivity contribution is -0.137. The molecule has 5 nitrogen and oxygen atoms in total. The van der Waals surface area contributed by atoms with E-state index < -0.39 is 6.04 Å². The number of amides is 2. The maximum absolute atomic E-state index is 12.1. The van der Waals surface area contributed by atoms with E-state index in [-0.39, 0.29) is 30.1 Å². The molecule has 2 amide bonds. The summed E-state index contributed by atoms with van der Waals surface area (Å²) >= 11 is 0. The average molecular weight is 292 g/mol. The molecule has 1 heterocycles. The third-order valence-electron chi connectivity index (χ3n) is 3.35. The third-order valence-corrected chi connectivity index (χ3v) is 3.35. The van der Waals surface area contributed by atoms with Gasteiger partial charge in [0, 0.05) is 25.6 Å². The maximum atomic E-state index is 12.1. The largest absolute Gasteiger partial charge is 0.344 e. The van der Waals surface area contributed by atoms with Gasteiger partial charge in [-0.2, -0.15) is 0 Å². The molecule has 0 aromatic carbocycles. The topological polar surface area (TPSA) is 61.4 Å². The summed E-state index contributed by atoms with van der Waals surface area (Å²) in [5.41, 5.74) is 0. The summed E-state index contributed by atoms with van der Waals surface area (Å²) in [7, 11) is 1.81. The Labute approximate surface area is 121 Å². The van der Waals surface area contributed by atoms with Gasteiger partial charge in [-0.1, -0.05) is 6.92 Å². The molecule has 0 saturated carbocycles. The van der Waals surface area contributed by atoms with Crippen LogP contribution in [0.1, 0.15) is 33.1 Å². The van der Waals surface area contributed by atoms with Gasteiger partial charge >= 0.3 is 0 Å².